The summed E-state index contributed by atoms with van der Waals surface area (Å²) in [5.41, 5.74) is 0.938. The van der Waals surface area contributed by atoms with E-state index in [0.29, 0.717) is 6.10 Å². The molecule has 0 bridgehead atoms. The molecule has 1 radical (unpaired) electrons. The zero-order valence-corrected chi connectivity index (χ0v) is 7.99. The predicted molar refractivity (Wildman–Crippen MR) is 48.6 cm³/mol. The molecule has 1 heterocycles. The van der Waals surface area contributed by atoms with Gasteiger partial charge in [0.1, 0.15) is 6.10 Å². The van der Waals surface area contributed by atoms with E-state index in [0.717, 1.165) is 10.9 Å². The maximum Gasteiger partial charge on any atom is 0.274 e. The Kier molecular flexibility index (Phi) is 2.30. The third kappa shape index (κ3) is 1.78. The molecule has 2 rings (SSSR count). The van der Waals surface area contributed by atoms with Gasteiger partial charge in [0.05, 0.1) is 11.1 Å². The van der Waals surface area contributed by atoms with Crippen molar-refractivity contribution < 1.29 is 4.74 Å². The van der Waals surface area contributed by atoms with Crippen LogP contribution in [0.4, 0.5) is 0 Å². The van der Waals surface area contributed by atoms with E-state index in [1.165, 1.54) is 37.0 Å². The summed E-state index contributed by atoms with van der Waals surface area (Å²) in [5.74, 6) is 0. The van der Waals surface area contributed by atoms with Crippen LogP contribution in [0, 0.1) is 12.3 Å². The standard InChI is InChI=1S/C9H12NOS/c1-7-6-12-9(10-7)11-8-4-2-3-5-8/h8H,2-5H2,1H3. The number of hydrogen-bond acceptors (Lipinski definition) is 3. The minimum Gasteiger partial charge on any atom is -0.467 e. The number of nitrogens with zero attached hydrogens (tertiary/aromatic N) is 1. The van der Waals surface area contributed by atoms with Gasteiger partial charge < -0.3 is 4.74 Å². The highest BCUT2D eigenvalue weighted by atomic mass is 32.1. The second kappa shape index (κ2) is 3.44. The highest BCUT2D eigenvalue weighted by molar-refractivity contribution is 7.11. The summed E-state index contributed by atoms with van der Waals surface area (Å²) in [7, 11) is 0. The first-order valence-electron chi connectivity index (χ1n) is 4.36. The summed E-state index contributed by atoms with van der Waals surface area (Å²) < 4.78 is 5.67. The van der Waals surface area contributed by atoms with E-state index in [-0.39, 0.29) is 0 Å². The Bertz CT molecular complexity index is 253. The Morgan fingerprint density at radius 2 is 2.25 bits per heavy atom. The zero-order valence-electron chi connectivity index (χ0n) is 7.17. The van der Waals surface area contributed by atoms with Crippen LogP contribution >= 0.6 is 11.3 Å². The van der Waals surface area contributed by atoms with Crippen molar-refractivity contribution in [2.24, 2.45) is 0 Å². The fraction of sp³-hybridized carbons (Fsp3) is 0.667. The van der Waals surface area contributed by atoms with Crippen LogP contribution in [0.2, 0.25) is 0 Å². The molecular formula is C9H12NOS. The van der Waals surface area contributed by atoms with Crippen LogP contribution in [-0.4, -0.2) is 11.1 Å². The third-order valence-electron chi connectivity index (χ3n) is 2.11. The van der Waals surface area contributed by atoms with Crippen molar-refractivity contribution in [1.29, 1.82) is 0 Å². The molecule has 0 aliphatic heterocycles. The van der Waals surface area contributed by atoms with Gasteiger partial charge in [-0.3, -0.25) is 0 Å². The molecule has 0 unspecified atom stereocenters. The topological polar surface area (TPSA) is 22.1 Å². The second-order valence-corrected chi connectivity index (χ2v) is 3.95. The minimum absolute atomic E-state index is 0.420. The first kappa shape index (κ1) is 8.05. The lowest BCUT2D eigenvalue weighted by atomic mass is 10.3. The molecule has 0 saturated heterocycles. The summed E-state index contributed by atoms with van der Waals surface area (Å²) in [6.07, 6.45) is 5.42. The molecule has 3 heteroatoms. The lowest BCUT2D eigenvalue weighted by molar-refractivity contribution is 0.209. The molecule has 1 aliphatic rings. The van der Waals surface area contributed by atoms with Crippen molar-refractivity contribution in [2.75, 3.05) is 0 Å². The van der Waals surface area contributed by atoms with Crippen molar-refractivity contribution in [3.8, 4) is 5.19 Å². The third-order valence-corrected chi connectivity index (χ3v) is 2.87. The van der Waals surface area contributed by atoms with Gasteiger partial charge in [-0.1, -0.05) is 11.3 Å². The molecule has 0 amide bonds. The van der Waals surface area contributed by atoms with Crippen LogP contribution < -0.4 is 4.74 Å². The molecule has 2 nitrogen and oxygen atoms in total. The summed E-state index contributed by atoms with van der Waals surface area (Å²) in [4.78, 5) is 4.21. The van der Waals surface area contributed by atoms with E-state index < -0.39 is 0 Å². The molecule has 0 spiro atoms. The van der Waals surface area contributed by atoms with Crippen LogP contribution in [0.3, 0.4) is 0 Å². The van der Waals surface area contributed by atoms with Gasteiger partial charge in [-0.05, 0) is 32.6 Å². The molecule has 1 aromatic heterocycles. The second-order valence-electron chi connectivity index (χ2n) is 3.19. The van der Waals surface area contributed by atoms with Crippen molar-refractivity contribution >= 4 is 11.3 Å². The van der Waals surface area contributed by atoms with Crippen LogP contribution in [0.5, 0.6) is 5.19 Å². The highest BCUT2D eigenvalue weighted by Gasteiger charge is 2.17. The summed E-state index contributed by atoms with van der Waals surface area (Å²) >= 11 is 1.48. The van der Waals surface area contributed by atoms with Crippen LogP contribution in [0.15, 0.2) is 0 Å². The van der Waals surface area contributed by atoms with E-state index in [4.69, 9.17) is 4.74 Å². The fourth-order valence-electron chi connectivity index (χ4n) is 1.50. The van der Waals surface area contributed by atoms with E-state index in [1.807, 2.05) is 6.92 Å². The van der Waals surface area contributed by atoms with Gasteiger partial charge in [0.2, 0.25) is 0 Å². The maximum atomic E-state index is 5.67. The average molecular weight is 182 g/mol. The molecule has 1 fully saturated rings. The van der Waals surface area contributed by atoms with Crippen molar-refractivity contribution in [3.05, 3.63) is 11.1 Å². The number of thiazole rings is 1. The van der Waals surface area contributed by atoms with Crippen LogP contribution in [0.25, 0.3) is 0 Å². The van der Waals surface area contributed by atoms with Gasteiger partial charge in [0, 0.05) is 0 Å². The van der Waals surface area contributed by atoms with E-state index in [2.05, 4.69) is 10.4 Å². The number of aromatic nitrogens is 1. The number of ether oxygens (including phenoxy) is 1. The van der Waals surface area contributed by atoms with Crippen molar-refractivity contribution in [2.45, 2.75) is 38.7 Å². The summed E-state index contributed by atoms with van der Waals surface area (Å²) in [5, 5.41) is 3.84. The summed E-state index contributed by atoms with van der Waals surface area (Å²) in [6, 6.07) is 0. The number of rotatable bonds is 2. The molecule has 65 valence electrons. The molecular weight excluding hydrogens is 170 g/mol. The Morgan fingerprint density at radius 3 is 2.83 bits per heavy atom. The molecule has 0 aromatic carbocycles. The zero-order chi connectivity index (χ0) is 8.39. The lowest BCUT2D eigenvalue weighted by Gasteiger charge is -2.08. The Balaban J connectivity index is 1.94. The summed E-state index contributed by atoms with van der Waals surface area (Å²) in [6.45, 7) is 1.94. The lowest BCUT2D eigenvalue weighted by Crippen LogP contribution is -2.10. The van der Waals surface area contributed by atoms with Gasteiger partial charge in [-0.25, -0.2) is 4.98 Å². The number of hydrogen-bond donors (Lipinski definition) is 0. The van der Waals surface area contributed by atoms with E-state index in [1.54, 1.807) is 0 Å². The van der Waals surface area contributed by atoms with Crippen molar-refractivity contribution in [3.63, 3.8) is 0 Å². The normalized spacial score (nSPS) is 18.4. The van der Waals surface area contributed by atoms with Crippen molar-refractivity contribution in [1.82, 2.24) is 4.98 Å². The SMILES string of the molecule is Cc1[c]sc(OC2CCCC2)n1. The number of aryl methyl sites for hydroxylation is 1. The first-order chi connectivity index (χ1) is 5.84. The van der Waals surface area contributed by atoms with E-state index in [9.17, 15) is 0 Å². The predicted octanol–water partition coefficient (Wildman–Crippen LogP) is 2.57. The largest absolute Gasteiger partial charge is 0.467 e. The van der Waals surface area contributed by atoms with Gasteiger partial charge in [-0.15, -0.1) is 0 Å². The Labute approximate surface area is 76.6 Å². The Hall–Kier alpha value is -0.570. The first-order valence-corrected chi connectivity index (χ1v) is 5.18. The fourth-order valence-corrected chi connectivity index (χ4v) is 2.15. The van der Waals surface area contributed by atoms with Gasteiger partial charge in [0.15, 0.2) is 0 Å². The average Bonchev–Trinajstić information content (AvgIpc) is 2.63. The smallest absolute Gasteiger partial charge is 0.274 e. The molecule has 1 aromatic rings. The molecule has 1 saturated carbocycles. The molecule has 0 atom stereocenters. The quantitative estimate of drug-likeness (QED) is 0.701. The van der Waals surface area contributed by atoms with Crippen LogP contribution in [0.1, 0.15) is 31.4 Å². The van der Waals surface area contributed by atoms with Crippen LogP contribution in [-0.2, 0) is 0 Å². The maximum absolute atomic E-state index is 5.67. The van der Waals surface area contributed by atoms with Gasteiger partial charge in [-0.2, -0.15) is 0 Å². The van der Waals surface area contributed by atoms with E-state index >= 15 is 0 Å². The Morgan fingerprint density at radius 1 is 1.50 bits per heavy atom. The van der Waals surface area contributed by atoms with Gasteiger partial charge >= 0.3 is 0 Å². The molecule has 1 aliphatic carbocycles. The minimum atomic E-state index is 0.420. The highest BCUT2D eigenvalue weighted by Crippen LogP contribution is 2.25. The molecule has 12 heavy (non-hydrogen) atoms. The molecule has 0 N–H and O–H groups in total. The monoisotopic (exact) mass is 182 g/mol. The van der Waals surface area contributed by atoms with Gasteiger partial charge in [0.25, 0.3) is 5.19 Å².